The summed E-state index contributed by atoms with van der Waals surface area (Å²) in [5.41, 5.74) is 4.74. The molecular formula is C26H20N4O3S. The van der Waals surface area contributed by atoms with E-state index >= 15 is 0 Å². The molecule has 0 fully saturated rings. The van der Waals surface area contributed by atoms with E-state index in [2.05, 4.69) is 19.7 Å². The van der Waals surface area contributed by atoms with Gasteiger partial charge >= 0.3 is 0 Å². The van der Waals surface area contributed by atoms with Crippen molar-refractivity contribution in [1.29, 1.82) is 0 Å². The lowest BCUT2D eigenvalue weighted by molar-refractivity contribution is 0.417. The first kappa shape index (κ1) is 21.5. The Morgan fingerprint density at radius 3 is 2.44 bits per heavy atom. The number of anilines is 1. The van der Waals surface area contributed by atoms with E-state index in [-0.39, 0.29) is 4.90 Å². The van der Waals surface area contributed by atoms with Crippen molar-refractivity contribution < 1.29 is 13.2 Å². The van der Waals surface area contributed by atoms with Crippen LogP contribution in [0.5, 0.6) is 5.75 Å². The molecule has 0 bridgehead atoms. The molecule has 0 radical (unpaired) electrons. The summed E-state index contributed by atoms with van der Waals surface area (Å²) in [6, 6.07) is 20.1. The number of hydrogen-bond acceptors (Lipinski definition) is 6. The first-order chi connectivity index (χ1) is 16.5. The zero-order chi connectivity index (χ0) is 23.5. The van der Waals surface area contributed by atoms with Gasteiger partial charge in [0, 0.05) is 41.9 Å². The molecule has 0 aliphatic heterocycles. The lowest BCUT2D eigenvalue weighted by Crippen LogP contribution is -2.14. The van der Waals surface area contributed by atoms with Crippen molar-refractivity contribution in [1.82, 2.24) is 15.0 Å². The molecule has 2 aromatic carbocycles. The molecule has 0 aliphatic rings. The molecule has 0 amide bonds. The Hall–Kier alpha value is -4.30. The third kappa shape index (κ3) is 4.18. The average molecular weight is 469 g/mol. The number of ether oxygens (including phenoxy) is 1. The standard InChI is InChI=1S/C26H20N4O3S/c1-33-26-5-3-2-4-25(26)30-34(31,32)21-14-20(16-28-17-21)19-6-7-24-23(15-19)22(10-13-29-24)18-8-11-27-12-9-18/h2-17,30H,1H3. The number of para-hydroxylation sites is 2. The molecule has 168 valence electrons. The van der Waals surface area contributed by atoms with Crippen molar-refractivity contribution in [2.75, 3.05) is 11.8 Å². The van der Waals surface area contributed by atoms with Gasteiger partial charge in [0.05, 0.1) is 18.3 Å². The smallest absolute Gasteiger partial charge is 0.263 e. The van der Waals surface area contributed by atoms with Gasteiger partial charge in [-0.15, -0.1) is 0 Å². The second kappa shape index (κ2) is 8.92. The van der Waals surface area contributed by atoms with Crippen molar-refractivity contribution in [3.05, 3.63) is 97.7 Å². The summed E-state index contributed by atoms with van der Waals surface area (Å²) >= 11 is 0. The summed E-state index contributed by atoms with van der Waals surface area (Å²) in [5.74, 6) is 0.431. The first-order valence-electron chi connectivity index (χ1n) is 10.5. The lowest BCUT2D eigenvalue weighted by atomic mass is 9.98. The maximum atomic E-state index is 13.1. The Labute approximate surface area is 197 Å². The maximum Gasteiger partial charge on any atom is 0.263 e. The lowest BCUT2D eigenvalue weighted by Gasteiger charge is -2.12. The van der Waals surface area contributed by atoms with Crippen LogP contribution in [0, 0.1) is 0 Å². The van der Waals surface area contributed by atoms with Crippen molar-refractivity contribution in [3.63, 3.8) is 0 Å². The van der Waals surface area contributed by atoms with E-state index < -0.39 is 10.0 Å². The molecule has 1 N–H and O–H groups in total. The van der Waals surface area contributed by atoms with Crippen LogP contribution < -0.4 is 9.46 Å². The molecule has 7 nitrogen and oxygen atoms in total. The summed E-state index contributed by atoms with van der Waals surface area (Å²) in [4.78, 5) is 12.8. The van der Waals surface area contributed by atoms with Crippen LogP contribution in [0.4, 0.5) is 5.69 Å². The topological polar surface area (TPSA) is 94.1 Å². The Balaban J connectivity index is 1.55. The predicted octanol–water partition coefficient (Wildman–Crippen LogP) is 5.17. The molecule has 0 aliphatic carbocycles. The van der Waals surface area contributed by atoms with Gasteiger partial charge < -0.3 is 4.74 Å². The molecule has 0 atom stereocenters. The molecule has 8 heteroatoms. The summed E-state index contributed by atoms with van der Waals surface area (Å²) in [7, 11) is -2.39. The number of aromatic nitrogens is 3. The van der Waals surface area contributed by atoms with E-state index in [0.29, 0.717) is 17.0 Å². The normalized spacial score (nSPS) is 11.3. The number of nitrogens with zero attached hydrogens (tertiary/aromatic N) is 3. The number of rotatable bonds is 6. The van der Waals surface area contributed by atoms with E-state index in [1.165, 1.54) is 13.3 Å². The highest BCUT2D eigenvalue weighted by Gasteiger charge is 2.18. The summed E-state index contributed by atoms with van der Waals surface area (Å²) in [6.07, 6.45) is 8.24. The summed E-state index contributed by atoms with van der Waals surface area (Å²) < 4.78 is 34.0. The maximum absolute atomic E-state index is 13.1. The largest absolute Gasteiger partial charge is 0.495 e. The van der Waals surface area contributed by atoms with Gasteiger partial charge in [-0.25, -0.2) is 8.42 Å². The van der Waals surface area contributed by atoms with Gasteiger partial charge in [-0.05, 0) is 65.2 Å². The van der Waals surface area contributed by atoms with Gasteiger partial charge in [-0.2, -0.15) is 0 Å². The van der Waals surface area contributed by atoms with Crippen LogP contribution in [0.25, 0.3) is 33.2 Å². The van der Waals surface area contributed by atoms with Crippen molar-refractivity contribution in [2.45, 2.75) is 4.90 Å². The summed E-state index contributed by atoms with van der Waals surface area (Å²) in [5, 5.41) is 0.951. The molecule has 5 aromatic rings. The van der Waals surface area contributed by atoms with Crippen LogP contribution >= 0.6 is 0 Å². The molecule has 0 saturated carbocycles. The van der Waals surface area contributed by atoms with Crippen LogP contribution in [0.3, 0.4) is 0 Å². The van der Waals surface area contributed by atoms with Crippen LogP contribution in [-0.4, -0.2) is 30.5 Å². The third-order valence-corrected chi connectivity index (χ3v) is 6.77. The van der Waals surface area contributed by atoms with Crippen LogP contribution in [0.2, 0.25) is 0 Å². The second-order valence-electron chi connectivity index (χ2n) is 7.54. The van der Waals surface area contributed by atoms with E-state index in [9.17, 15) is 8.42 Å². The number of sulfonamides is 1. The number of hydrogen-bond donors (Lipinski definition) is 1. The zero-order valence-electron chi connectivity index (χ0n) is 18.2. The Kier molecular flexibility index (Phi) is 5.65. The fourth-order valence-corrected chi connectivity index (χ4v) is 4.82. The fourth-order valence-electron chi connectivity index (χ4n) is 3.77. The van der Waals surface area contributed by atoms with E-state index in [1.54, 1.807) is 55.1 Å². The summed E-state index contributed by atoms with van der Waals surface area (Å²) in [6.45, 7) is 0. The van der Waals surface area contributed by atoms with Crippen LogP contribution in [-0.2, 0) is 10.0 Å². The number of nitrogens with one attached hydrogen (secondary N) is 1. The molecule has 34 heavy (non-hydrogen) atoms. The number of benzene rings is 2. The molecule has 0 spiro atoms. The predicted molar refractivity (Wildman–Crippen MR) is 132 cm³/mol. The Morgan fingerprint density at radius 2 is 1.62 bits per heavy atom. The van der Waals surface area contributed by atoms with Crippen molar-refractivity contribution in [2.24, 2.45) is 0 Å². The van der Waals surface area contributed by atoms with Gasteiger partial charge in [-0.3, -0.25) is 19.7 Å². The van der Waals surface area contributed by atoms with E-state index in [4.69, 9.17) is 4.74 Å². The molecule has 5 rings (SSSR count). The van der Waals surface area contributed by atoms with Gasteiger partial charge in [0.2, 0.25) is 0 Å². The number of methoxy groups -OCH3 is 1. The van der Waals surface area contributed by atoms with Gasteiger partial charge in [-0.1, -0.05) is 18.2 Å². The van der Waals surface area contributed by atoms with Gasteiger partial charge in [0.1, 0.15) is 10.6 Å². The molecule has 0 unspecified atom stereocenters. The fraction of sp³-hybridized carbons (Fsp3) is 0.0385. The minimum atomic E-state index is -3.88. The quantitative estimate of drug-likeness (QED) is 0.370. The van der Waals surface area contributed by atoms with Crippen molar-refractivity contribution >= 4 is 26.6 Å². The van der Waals surface area contributed by atoms with Crippen LogP contribution in [0.15, 0.2) is 103 Å². The molecule has 3 heterocycles. The highest BCUT2D eigenvalue weighted by atomic mass is 32.2. The van der Waals surface area contributed by atoms with Gasteiger partial charge in [0.25, 0.3) is 10.0 Å². The van der Waals surface area contributed by atoms with Gasteiger partial charge in [0.15, 0.2) is 0 Å². The SMILES string of the molecule is COc1ccccc1NS(=O)(=O)c1cncc(-c2ccc3nccc(-c4ccncc4)c3c2)c1. The number of pyridine rings is 3. The highest BCUT2D eigenvalue weighted by Crippen LogP contribution is 2.32. The molecule has 0 saturated heterocycles. The minimum Gasteiger partial charge on any atom is -0.495 e. The molecule has 3 aromatic heterocycles. The van der Waals surface area contributed by atoms with E-state index in [0.717, 1.165) is 27.6 Å². The Morgan fingerprint density at radius 1 is 0.794 bits per heavy atom. The average Bonchev–Trinajstić information content (AvgIpc) is 2.89. The third-order valence-electron chi connectivity index (χ3n) is 5.44. The molecular weight excluding hydrogens is 448 g/mol. The van der Waals surface area contributed by atoms with E-state index in [1.807, 2.05) is 36.4 Å². The van der Waals surface area contributed by atoms with Crippen molar-refractivity contribution in [3.8, 4) is 28.0 Å². The monoisotopic (exact) mass is 468 g/mol. The highest BCUT2D eigenvalue weighted by molar-refractivity contribution is 7.92. The second-order valence-corrected chi connectivity index (χ2v) is 9.22. The van der Waals surface area contributed by atoms with Crippen LogP contribution in [0.1, 0.15) is 0 Å². The Bertz CT molecular complexity index is 1590. The zero-order valence-corrected chi connectivity index (χ0v) is 19.0. The number of fused-ring (bicyclic) bond motifs is 1. The first-order valence-corrected chi connectivity index (χ1v) is 11.9. The minimum absolute atomic E-state index is 0.0524.